The molecule has 0 aliphatic heterocycles. The molecule has 0 amide bonds. The van der Waals surface area contributed by atoms with Crippen LogP contribution in [-0.4, -0.2) is 27.2 Å². The van der Waals surface area contributed by atoms with E-state index in [9.17, 15) is 9.90 Å². The zero-order chi connectivity index (χ0) is 21.6. The third kappa shape index (κ3) is 5.22. The van der Waals surface area contributed by atoms with E-state index in [1.807, 2.05) is 54.6 Å². The standard InChI is InChI=1S/C25H24N2O3S/c1-18-22(26-24(31-18)20-7-3-2-4-8-20)13-16-30-21-11-9-19(10-12-21)17-23(25(28)29)27-14-5-6-15-27/h2-12,14-15,23H,13,16-17H2,1H3,(H,28,29)/t23-/m0/s1. The van der Waals surface area contributed by atoms with Gasteiger partial charge in [0.2, 0.25) is 0 Å². The lowest BCUT2D eigenvalue weighted by Gasteiger charge is -2.15. The Morgan fingerprint density at radius 3 is 2.45 bits per heavy atom. The third-order valence-electron chi connectivity index (χ3n) is 5.15. The monoisotopic (exact) mass is 432 g/mol. The highest BCUT2D eigenvalue weighted by Gasteiger charge is 2.19. The fourth-order valence-corrected chi connectivity index (χ4v) is 4.42. The van der Waals surface area contributed by atoms with E-state index in [0.717, 1.165) is 34.0 Å². The Balaban J connectivity index is 1.33. The van der Waals surface area contributed by atoms with Crippen LogP contribution in [0, 0.1) is 6.92 Å². The van der Waals surface area contributed by atoms with Crippen LogP contribution in [0.1, 0.15) is 22.2 Å². The highest BCUT2D eigenvalue weighted by atomic mass is 32.1. The molecule has 1 atom stereocenters. The summed E-state index contributed by atoms with van der Waals surface area (Å²) in [4.78, 5) is 17.6. The number of aliphatic carboxylic acids is 1. The molecule has 5 nitrogen and oxygen atoms in total. The molecule has 0 unspecified atom stereocenters. The van der Waals surface area contributed by atoms with Crippen molar-refractivity contribution < 1.29 is 14.6 Å². The summed E-state index contributed by atoms with van der Waals surface area (Å²) >= 11 is 1.71. The zero-order valence-electron chi connectivity index (χ0n) is 17.3. The molecule has 31 heavy (non-hydrogen) atoms. The molecule has 2 heterocycles. The first-order chi connectivity index (χ1) is 15.1. The molecule has 0 spiro atoms. The molecular formula is C25H24N2O3S. The van der Waals surface area contributed by atoms with E-state index in [0.29, 0.717) is 13.0 Å². The number of hydrogen-bond donors (Lipinski definition) is 1. The SMILES string of the molecule is Cc1sc(-c2ccccc2)nc1CCOc1ccc(C[C@@H](C(=O)O)n2cccc2)cc1. The van der Waals surface area contributed by atoms with Crippen LogP contribution in [0.5, 0.6) is 5.75 Å². The second-order valence-electron chi connectivity index (χ2n) is 7.32. The average molecular weight is 433 g/mol. The first-order valence-corrected chi connectivity index (χ1v) is 11.0. The molecule has 0 radical (unpaired) electrons. The van der Waals surface area contributed by atoms with Gasteiger partial charge in [-0.2, -0.15) is 0 Å². The van der Waals surface area contributed by atoms with Gasteiger partial charge in [-0.25, -0.2) is 9.78 Å². The minimum atomic E-state index is -0.843. The van der Waals surface area contributed by atoms with E-state index in [-0.39, 0.29) is 0 Å². The summed E-state index contributed by atoms with van der Waals surface area (Å²) in [6.45, 7) is 2.64. The Labute approximate surface area is 185 Å². The Morgan fingerprint density at radius 2 is 1.77 bits per heavy atom. The van der Waals surface area contributed by atoms with Crippen LogP contribution in [0.25, 0.3) is 10.6 Å². The molecular weight excluding hydrogens is 408 g/mol. The van der Waals surface area contributed by atoms with Gasteiger partial charge in [-0.3, -0.25) is 0 Å². The van der Waals surface area contributed by atoms with Crippen molar-refractivity contribution in [3.8, 4) is 16.3 Å². The first kappa shape index (κ1) is 20.9. The van der Waals surface area contributed by atoms with Gasteiger partial charge in [-0.05, 0) is 36.8 Å². The summed E-state index contributed by atoms with van der Waals surface area (Å²) < 4.78 is 7.62. The van der Waals surface area contributed by atoms with Crippen LogP contribution in [0.2, 0.25) is 0 Å². The van der Waals surface area contributed by atoms with E-state index < -0.39 is 12.0 Å². The number of ether oxygens (including phenoxy) is 1. The summed E-state index contributed by atoms with van der Waals surface area (Å²) in [6.07, 6.45) is 4.72. The van der Waals surface area contributed by atoms with E-state index in [4.69, 9.17) is 9.72 Å². The highest BCUT2D eigenvalue weighted by molar-refractivity contribution is 7.15. The number of aryl methyl sites for hydroxylation is 1. The van der Waals surface area contributed by atoms with Crippen molar-refractivity contribution >= 4 is 17.3 Å². The Bertz CT molecular complexity index is 1120. The van der Waals surface area contributed by atoms with Gasteiger partial charge < -0.3 is 14.4 Å². The van der Waals surface area contributed by atoms with Crippen molar-refractivity contribution in [2.45, 2.75) is 25.8 Å². The minimum Gasteiger partial charge on any atom is -0.493 e. The summed E-state index contributed by atoms with van der Waals surface area (Å²) in [7, 11) is 0. The smallest absolute Gasteiger partial charge is 0.327 e. The zero-order valence-corrected chi connectivity index (χ0v) is 18.1. The molecule has 4 rings (SSSR count). The van der Waals surface area contributed by atoms with Gasteiger partial charge in [0.25, 0.3) is 0 Å². The first-order valence-electron chi connectivity index (χ1n) is 10.2. The largest absolute Gasteiger partial charge is 0.493 e. The number of thiazole rings is 1. The summed E-state index contributed by atoms with van der Waals surface area (Å²) in [5.41, 5.74) is 3.16. The van der Waals surface area contributed by atoms with Gasteiger partial charge >= 0.3 is 5.97 Å². The maximum Gasteiger partial charge on any atom is 0.327 e. The van der Waals surface area contributed by atoms with Crippen molar-refractivity contribution in [2.24, 2.45) is 0 Å². The molecule has 0 aliphatic rings. The summed E-state index contributed by atoms with van der Waals surface area (Å²) in [6, 6.07) is 20.9. The number of carboxylic acids is 1. The normalized spacial score (nSPS) is 11.9. The molecule has 4 aromatic rings. The van der Waals surface area contributed by atoms with Crippen LogP contribution in [-0.2, 0) is 17.6 Å². The summed E-state index contributed by atoms with van der Waals surface area (Å²) in [5, 5.41) is 10.6. The molecule has 0 fully saturated rings. The van der Waals surface area contributed by atoms with Crippen molar-refractivity contribution in [3.05, 3.63) is 95.3 Å². The van der Waals surface area contributed by atoms with Gasteiger partial charge in [0.1, 0.15) is 16.8 Å². The molecule has 6 heteroatoms. The maximum absolute atomic E-state index is 11.6. The minimum absolute atomic E-state index is 0.421. The lowest BCUT2D eigenvalue weighted by Crippen LogP contribution is -2.20. The maximum atomic E-state index is 11.6. The van der Waals surface area contributed by atoms with Crippen LogP contribution in [0.4, 0.5) is 0 Å². The second-order valence-corrected chi connectivity index (χ2v) is 8.52. The molecule has 2 aromatic heterocycles. The van der Waals surface area contributed by atoms with Gasteiger partial charge in [0, 0.05) is 35.7 Å². The molecule has 0 bridgehead atoms. The predicted octanol–water partition coefficient (Wildman–Crippen LogP) is 5.41. The quantitative estimate of drug-likeness (QED) is 0.384. The van der Waals surface area contributed by atoms with Crippen LogP contribution < -0.4 is 4.74 Å². The number of carboxylic acid groups (broad SMARTS) is 1. The molecule has 1 N–H and O–H groups in total. The Morgan fingerprint density at radius 1 is 1.06 bits per heavy atom. The van der Waals surface area contributed by atoms with Gasteiger partial charge in [-0.1, -0.05) is 42.5 Å². The number of aromatic nitrogens is 2. The molecule has 0 aliphatic carbocycles. The van der Waals surface area contributed by atoms with Crippen molar-refractivity contribution in [1.29, 1.82) is 0 Å². The van der Waals surface area contributed by atoms with Crippen molar-refractivity contribution in [3.63, 3.8) is 0 Å². The van der Waals surface area contributed by atoms with Crippen LogP contribution in [0.15, 0.2) is 79.1 Å². The molecule has 158 valence electrons. The Kier molecular flexibility index (Phi) is 6.48. The number of benzene rings is 2. The molecule has 0 saturated heterocycles. The fraction of sp³-hybridized carbons (Fsp3) is 0.200. The fourth-order valence-electron chi connectivity index (χ4n) is 3.45. The Hall–Kier alpha value is -3.38. The van der Waals surface area contributed by atoms with Gasteiger partial charge in [0.15, 0.2) is 0 Å². The topological polar surface area (TPSA) is 64.3 Å². The van der Waals surface area contributed by atoms with E-state index in [1.54, 1.807) is 28.3 Å². The van der Waals surface area contributed by atoms with E-state index in [2.05, 4.69) is 19.1 Å². The average Bonchev–Trinajstić information content (AvgIpc) is 3.44. The van der Waals surface area contributed by atoms with Gasteiger partial charge in [0.05, 0.1) is 12.3 Å². The lowest BCUT2D eigenvalue weighted by atomic mass is 10.1. The van der Waals surface area contributed by atoms with E-state index in [1.165, 1.54) is 4.88 Å². The lowest BCUT2D eigenvalue weighted by molar-refractivity contribution is -0.140. The molecule has 2 aromatic carbocycles. The van der Waals surface area contributed by atoms with Crippen LogP contribution in [0.3, 0.4) is 0 Å². The highest BCUT2D eigenvalue weighted by Crippen LogP contribution is 2.28. The van der Waals surface area contributed by atoms with Gasteiger partial charge in [-0.15, -0.1) is 11.3 Å². The number of rotatable bonds is 9. The molecule has 0 saturated carbocycles. The van der Waals surface area contributed by atoms with Crippen LogP contribution >= 0.6 is 11.3 Å². The van der Waals surface area contributed by atoms with Crippen molar-refractivity contribution in [2.75, 3.05) is 6.61 Å². The number of carbonyl (C=O) groups is 1. The van der Waals surface area contributed by atoms with Crippen molar-refractivity contribution in [1.82, 2.24) is 9.55 Å². The summed E-state index contributed by atoms with van der Waals surface area (Å²) in [5.74, 6) is -0.0715. The number of hydrogen-bond acceptors (Lipinski definition) is 4. The predicted molar refractivity (Wildman–Crippen MR) is 123 cm³/mol. The number of nitrogens with zero attached hydrogens (tertiary/aromatic N) is 2. The van der Waals surface area contributed by atoms with E-state index >= 15 is 0 Å². The second kappa shape index (κ2) is 9.62. The third-order valence-corrected chi connectivity index (χ3v) is 6.21.